The van der Waals surface area contributed by atoms with E-state index in [1.807, 2.05) is 19.2 Å². The van der Waals surface area contributed by atoms with Crippen molar-refractivity contribution in [3.05, 3.63) is 29.3 Å². The number of methoxy groups -OCH3 is 1. The molecule has 0 atom stereocenters. The molecule has 0 aliphatic carbocycles. The number of rotatable bonds is 8. The van der Waals surface area contributed by atoms with Gasteiger partial charge in [-0.2, -0.15) is 0 Å². The van der Waals surface area contributed by atoms with Crippen molar-refractivity contribution < 1.29 is 13.2 Å². The molecule has 114 valence electrons. The van der Waals surface area contributed by atoms with Crippen LogP contribution in [0.2, 0.25) is 0 Å². The lowest BCUT2D eigenvalue weighted by atomic mass is 10.1. The van der Waals surface area contributed by atoms with Gasteiger partial charge in [0.15, 0.2) is 0 Å². The maximum Gasteiger partial charge on any atom is 0.208 e. The summed E-state index contributed by atoms with van der Waals surface area (Å²) in [5, 5.41) is 0. The standard InChI is InChI=1S/C14H24N2O3S/c1-12-6-7-14(19-3)13(10-12)11-16(2)9-5-8-15-20(4,17)18/h6-7,10,15H,5,8-9,11H2,1-4H3. The van der Waals surface area contributed by atoms with Crippen LogP contribution in [0.15, 0.2) is 18.2 Å². The molecule has 1 rings (SSSR count). The molecule has 6 heteroatoms. The molecule has 0 unspecified atom stereocenters. The summed E-state index contributed by atoms with van der Waals surface area (Å²) >= 11 is 0. The Morgan fingerprint density at radius 1 is 1.35 bits per heavy atom. The van der Waals surface area contributed by atoms with Crippen LogP contribution < -0.4 is 9.46 Å². The summed E-state index contributed by atoms with van der Waals surface area (Å²) in [6, 6.07) is 6.12. The molecule has 20 heavy (non-hydrogen) atoms. The summed E-state index contributed by atoms with van der Waals surface area (Å²) in [6.07, 6.45) is 1.95. The highest BCUT2D eigenvalue weighted by atomic mass is 32.2. The van der Waals surface area contributed by atoms with E-state index in [2.05, 4.69) is 22.6 Å². The minimum atomic E-state index is -3.09. The van der Waals surface area contributed by atoms with Gasteiger partial charge in [0.05, 0.1) is 13.4 Å². The third kappa shape index (κ3) is 6.36. The molecule has 0 saturated heterocycles. The average molecular weight is 300 g/mol. The first-order valence-electron chi connectivity index (χ1n) is 6.58. The van der Waals surface area contributed by atoms with Crippen LogP contribution in [0.5, 0.6) is 5.75 Å². The van der Waals surface area contributed by atoms with Gasteiger partial charge < -0.3 is 9.64 Å². The smallest absolute Gasteiger partial charge is 0.208 e. The predicted molar refractivity (Wildman–Crippen MR) is 81.5 cm³/mol. The Bertz CT molecular complexity index is 529. The Balaban J connectivity index is 2.46. The van der Waals surface area contributed by atoms with Gasteiger partial charge in [-0.15, -0.1) is 0 Å². The number of ether oxygens (including phenoxy) is 1. The van der Waals surface area contributed by atoms with Crippen molar-refractivity contribution in [1.29, 1.82) is 0 Å². The molecule has 5 nitrogen and oxygen atoms in total. The predicted octanol–water partition coefficient (Wildman–Crippen LogP) is 1.37. The highest BCUT2D eigenvalue weighted by molar-refractivity contribution is 7.88. The van der Waals surface area contributed by atoms with Crippen molar-refractivity contribution in [2.45, 2.75) is 19.9 Å². The van der Waals surface area contributed by atoms with E-state index in [0.717, 1.165) is 30.8 Å². The first kappa shape index (κ1) is 16.9. The fourth-order valence-electron chi connectivity index (χ4n) is 2.01. The van der Waals surface area contributed by atoms with Crippen LogP contribution in [-0.2, 0) is 16.6 Å². The van der Waals surface area contributed by atoms with Crippen LogP contribution in [0.25, 0.3) is 0 Å². The van der Waals surface area contributed by atoms with Gasteiger partial charge in [-0.3, -0.25) is 0 Å². The molecule has 1 aromatic rings. The van der Waals surface area contributed by atoms with Crippen molar-refractivity contribution >= 4 is 10.0 Å². The highest BCUT2D eigenvalue weighted by Crippen LogP contribution is 2.20. The number of benzene rings is 1. The Morgan fingerprint density at radius 3 is 2.65 bits per heavy atom. The zero-order valence-electron chi connectivity index (χ0n) is 12.6. The molecule has 0 saturated carbocycles. The maximum atomic E-state index is 10.9. The molecule has 0 amide bonds. The van der Waals surface area contributed by atoms with Crippen molar-refractivity contribution in [2.24, 2.45) is 0 Å². The van der Waals surface area contributed by atoms with Gasteiger partial charge in [0.1, 0.15) is 5.75 Å². The molecule has 0 spiro atoms. The van der Waals surface area contributed by atoms with Crippen molar-refractivity contribution in [3.8, 4) is 5.75 Å². The number of nitrogens with one attached hydrogen (secondary N) is 1. The van der Waals surface area contributed by atoms with E-state index in [4.69, 9.17) is 4.74 Å². The summed E-state index contributed by atoms with van der Waals surface area (Å²) < 4.78 is 29.7. The van der Waals surface area contributed by atoms with Crippen LogP contribution in [0.3, 0.4) is 0 Å². The van der Waals surface area contributed by atoms with E-state index < -0.39 is 10.0 Å². The molecule has 0 radical (unpaired) electrons. The van der Waals surface area contributed by atoms with Gasteiger partial charge in [0, 0.05) is 18.7 Å². The Hall–Kier alpha value is -1.11. The van der Waals surface area contributed by atoms with E-state index in [1.165, 1.54) is 11.8 Å². The third-order valence-corrected chi connectivity index (χ3v) is 3.69. The van der Waals surface area contributed by atoms with Gasteiger partial charge in [-0.1, -0.05) is 17.7 Å². The molecule has 1 N–H and O–H groups in total. The molecule has 1 aromatic carbocycles. The van der Waals surface area contributed by atoms with Crippen LogP contribution in [-0.4, -0.2) is 46.8 Å². The molecule has 0 aliphatic rings. The lowest BCUT2D eigenvalue weighted by molar-refractivity contribution is 0.313. The summed E-state index contributed by atoms with van der Waals surface area (Å²) in [4.78, 5) is 2.15. The fourth-order valence-corrected chi connectivity index (χ4v) is 2.52. The molecule has 0 bridgehead atoms. The Kier molecular flexibility index (Phi) is 6.45. The normalized spacial score (nSPS) is 11.8. The third-order valence-electron chi connectivity index (χ3n) is 2.96. The van der Waals surface area contributed by atoms with Crippen molar-refractivity contribution in [1.82, 2.24) is 9.62 Å². The SMILES string of the molecule is COc1ccc(C)cc1CN(C)CCCNS(C)(=O)=O. The number of hydrogen-bond acceptors (Lipinski definition) is 4. The highest BCUT2D eigenvalue weighted by Gasteiger charge is 2.07. The number of hydrogen-bond donors (Lipinski definition) is 1. The lowest BCUT2D eigenvalue weighted by Gasteiger charge is -2.18. The Morgan fingerprint density at radius 2 is 2.05 bits per heavy atom. The van der Waals surface area contributed by atoms with Crippen LogP contribution in [0.1, 0.15) is 17.5 Å². The van der Waals surface area contributed by atoms with Crippen molar-refractivity contribution in [3.63, 3.8) is 0 Å². The van der Waals surface area contributed by atoms with Gasteiger partial charge in [0.2, 0.25) is 10.0 Å². The minimum absolute atomic E-state index is 0.466. The molecule has 0 aliphatic heterocycles. The molecule has 0 heterocycles. The minimum Gasteiger partial charge on any atom is -0.496 e. The number of nitrogens with zero attached hydrogens (tertiary/aromatic N) is 1. The van der Waals surface area contributed by atoms with E-state index in [9.17, 15) is 8.42 Å². The van der Waals surface area contributed by atoms with Gasteiger partial charge in [-0.25, -0.2) is 13.1 Å². The summed E-state index contributed by atoms with van der Waals surface area (Å²) in [5.74, 6) is 0.886. The second kappa shape index (κ2) is 7.61. The Labute approximate surface area is 122 Å². The maximum absolute atomic E-state index is 10.9. The summed E-state index contributed by atoms with van der Waals surface area (Å²) in [7, 11) is 0.601. The van der Waals surface area contributed by atoms with Crippen LogP contribution >= 0.6 is 0 Å². The molecular weight excluding hydrogens is 276 g/mol. The van der Waals surface area contributed by atoms with E-state index in [-0.39, 0.29) is 0 Å². The van der Waals surface area contributed by atoms with E-state index >= 15 is 0 Å². The molecule has 0 fully saturated rings. The van der Waals surface area contributed by atoms with Crippen LogP contribution in [0.4, 0.5) is 0 Å². The zero-order valence-corrected chi connectivity index (χ0v) is 13.5. The molecular formula is C14H24N2O3S. The second-order valence-corrected chi connectivity index (χ2v) is 6.91. The first-order valence-corrected chi connectivity index (χ1v) is 8.47. The van der Waals surface area contributed by atoms with E-state index in [1.54, 1.807) is 7.11 Å². The lowest BCUT2D eigenvalue weighted by Crippen LogP contribution is -2.27. The first-order chi connectivity index (χ1) is 9.31. The monoisotopic (exact) mass is 300 g/mol. The zero-order chi connectivity index (χ0) is 15.2. The number of aryl methyl sites for hydroxylation is 1. The second-order valence-electron chi connectivity index (χ2n) is 5.07. The topological polar surface area (TPSA) is 58.6 Å². The fraction of sp³-hybridized carbons (Fsp3) is 0.571. The van der Waals surface area contributed by atoms with Gasteiger partial charge in [0.25, 0.3) is 0 Å². The van der Waals surface area contributed by atoms with Gasteiger partial charge in [-0.05, 0) is 33.0 Å². The summed E-state index contributed by atoms with van der Waals surface area (Å²) in [6.45, 7) is 4.12. The molecule has 0 aromatic heterocycles. The summed E-state index contributed by atoms with van der Waals surface area (Å²) in [5.41, 5.74) is 2.35. The number of sulfonamides is 1. The average Bonchev–Trinajstić information content (AvgIpc) is 2.34. The largest absolute Gasteiger partial charge is 0.496 e. The van der Waals surface area contributed by atoms with Crippen molar-refractivity contribution in [2.75, 3.05) is 33.5 Å². The quantitative estimate of drug-likeness (QED) is 0.737. The van der Waals surface area contributed by atoms with Crippen LogP contribution in [0, 0.1) is 6.92 Å². The van der Waals surface area contributed by atoms with Gasteiger partial charge >= 0.3 is 0 Å². The van der Waals surface area contributed by atoms with E-state index in [0.29, 0.717) is 6.54 Å².